The zero-order chi connectivity index (χ0) is 30.6. The summed E-state index contributed by atoms with van der Waals surface area (Å²) in [6.07, 6.45) is 7.70. The summed E-state index contributed by atoms with van der Waals surface area (Å²) in [6.45, 7) is 8.63. The minimum absolute atomic E-state index is 0.115. The third kappa shape index (κ3) is 6.90. The summed E-state index contributed by atoms with van der Waals surface area (Å²) in [7, 11) is 2.19. The molecule has 0 radical (unpaired) electrons. The number of ether oxygens (including phenoxy) is 1. The van der Waals surface area contributed by atoms with Crippen molar-refractivity contribution >= 4 is 51.7 Å². The molecule has 6 rings (SSSR count). The van der Waals surface area contributed by atoms with Crippen molar-refractivity contribution < 1.29 is 9.53 Å². The minimum Gasteiger partial charge on any atom is -0.484 e. The Morgan fingerprint density at radius 3 is 2.75 bits per heavy atom. The van der Waals surface area contributed by atoms with Crippen LogP contribution in [0.15, 0.2) is 65.9 Å². The van der Waals surface area contributed by atoms with Crippen molar-refractivity contribution in [3.63, 3.8) is 0 Å². The van der Waals surface area contributed by atoms with Crippen molar-refractivity contribution in [2.45, 2.75) is 32.0 Å². The molecule has 4 heterocycles. The largest absolute Gasteiger partial charge is 0.484 e. The number of aliphatic imine (C=N–C) groups is 1. The highest BCUT2D eigenvalue weighted by molar-refractivity contribution is 7.16. The Hall–Kier alpha value is -3.54. The number of amides is 1. The van der Waals surface area contributed by atoms with Crippen molar-refractivity contribution in [3.8, 4) is 10.8 Å². The van der Waals surface area contributed by atoms with Crippen LogP contribution in [0.2, 0.25) is 5.02 Å². The number of imidazole rings is 1. The molecule has 2 aromatic heterocycles. The summed E-state index contributed by atoms with van der Waals surface area (Å²) in [5.41, 5.74) is 10.5. The van der Waals surface area contributed by atoms with Crippen LogP contribution in [0.4, 0.5) is 0 Å². The average Bonchev–Trinajstić information content (AvgIpc) is 3.64. The number of piperazine rings is 1. The molecule has 1 saturated heterocycles. The first-order chi connectivity index (χ1) is 21.4. The lowest BCUT2D eigenvalue weighted by Gasteiger charge is -2.32. The molecule has 2 aromatic carbocycles. The van der Waals surface area contributed by atoms with Crippen LogP contribution in [0.1, 0.15) is 46.7 Å². The number of dihydropyridines is 1. The Morgan fingerprint density at radius 1 is 1.18 bits per heavy atom. The van der Waals surface area contributed by atoms with Crippen molar-refractivity contribution in [3.05, 3.63) is 82.0 Å². The zero-order valence-electron chi connectivity index (χ0n) is 25.1. The molecule has 2 atom stereocenters. The van der Waals surface area contributed by atoms with Gasteiger partial charge in [-0.3, -0.25) is 19.7 Å². The third-order valence-corrected chi connectivity index (χ3v) is 9.73. The van der Waals surface area contributed by atoms with E-state index in [9.17, 15) is 4.79 Å². The second-order valence-electron chi connectivity index (χ2n) is 11.4. The van der Waals surface area contributed by atoms with Crippen LogP contribution in [0.5, 0.6) is 5.75 Å². The van der Waals surface area contributed by atoms with Gasteiger partial charge in [-0.2, -0.15) is 0 Å². The highest BCUT2D eigenvalue weighted by atomic mass is 35.5. The quantitative estimate of drug-likeness (QED) is 0.215. The number of fused-ring (bicyclic) bond motifs is 1. The monoisotopic (exact) mass is 631 g/mol. The van der Waals surface area contributed by atoms with E-state index < -0.39 is 5.91 Å². The average molecular weight is 632 g/mol. The van der Waals surface area contributed by atoms with Crippen LogP contribution < -0.4 is 15.8 Å². The van der Waals surface area contributed by atoms with Gasteiger partial charge in [0.15, 0.2) is 0 Å². The first kappa shape index (κ1) is 30.5. The second kappa shape index (κ2) is 13.6. The second-order valence-corrected chi connectivity index (χ2v) is 12.8. The lowest BCUT2D eigenvalue weighted by Crippen LogP contribution is -2.45. The van der Waals surface area contributed by atoms with Gasteiger partial charge in [-0.05, 0) is 62.8 Å². The summed E-state index contributed by atoms with van der Waals surface area (Å²) in [5, 5.41) is 4.98. The lowest BCUT2D eigenvalue weighted by atomic mass is 10.0. The number of halogens is 1. The molecule has 44 heavy (non-hydrogen) atoms. The fourth-order valence-corrected chi connectivity index (χ4v) is 6.88. The van der Waals surface area contributed by atoms with Gasteiger partial charge in [0.25, 0.3) is 5.91 Å². The van der Waals surface area contributed by atoms with Gasteiger partial charge in [-0.25, -0.2) is 4.98 Å². The summed E-state index contributed by atoms with van der Waals surface area (Å²) in [6, 6.07) is 15.5. The number of likely N-dealkylation sites (N-methyl/N-ethyl adjacent to an activating group) is 1. The molecule has 2 aliphatic heterocycles. The van der Waals surface area contributed by atoms with Crippen LogP contribution in [-0.2, 0) is 0 Å². The molecule has 4 aromatic rings. The van der Waals surface area contributed by atoms with E-state index in [4.69, 9.17) is 27.1 Å². The summed E-state index contributed by atoms with van der Waals surface area (Å²) >= 11 is 7.65. The third-order valence-electron chi connectivity index (χ3n) is 8.26. The topological polar surface area (TPSA) is 101 Å². The molecular weight excluding hydrogens is 594 g/mol. The number of thiophene rings is 1. The molecule has 1 amide bonds. The normalized spacial score (nSPS) is 18.4. The summed E-state index contributed by atoms with van der Waals surface area (Å²) in [4.78, 5) is 27.1. The molecule has 11 heteroatoms. The van der Waals surface area contributed by atoms with Crippen molar-refractivity contribution in [2.75, 3.05) is 46.3 Å². The van der Waals surface area contributed by atoms with Gasteiger partial charge in [0, 0.05) is 55.5 Å². The number of hydrogen-bond donors (Lipinski definition) is 2. The Labute approximate surface area is 267 Å². The Morgan fingerprint density at radius 2 is 2.00 bits per heavy atom. The van der Waals surface area contributed by atoms with Gasteiger partial charge >= 0.3 is 0 Å². The summed E-state index contributed by atoms with van der Waals surface area (Å²) < 4.78 is 8.15. The lowest BCUT2D eigenvalue weighted by molar-refractivity contribution is 0.0998. The highest BCUT2D eigenvalue weighted by Gasteiger charge is 2.21. The van der Waals surface area contributed by atoms with E-state index in [1.807, 2.05) is 54.1 Å². The predicted molar refractivity (Wildman–Crippen MR) is 179 cm³/mol. The number of allylic oxidation sites excluding steroid dienone is 1. The number of carbonyl (C=O) groups is 1. The van der Waals surface area contributed by atoms with Gasteiger partial charge in [-0.1, -0.05) is 41.9 Å². The molecule has 0 aliphatic carbocycles. The van der Waals surface area contributed by atoms with Gasteiger partial charge in [0.05, 0.1) is 11.0 Å². The van der Waals surface area contributed by atoms with E-state index in [2.05, 4.69) is 45.4 Å². The number of nitrogens with zero attached hydrogens (tertiary/aromatic N) is 5. The predicted octanol–water partition coefficient (Wildman–Crippen LogP) is 5.39. The molecule has 9 nitrogen and oxygen atoms in total. The van der Waals surface area contributed by atoms with Gasteiger partial charge < -0.3 is 20.3 Å². The van der Waals surface area contributed by atoms with Crippen molar-refractivity contribution in [1.29, 1.82) is 0 Å². The van der Waals surface area contributed by atoms with Crippen molar-refractivity contribution in [2.24, 2.45) is 10.7 Å². The number of nitrogens with one attached hydrogen (secondary N) is 1. The maximum Gasteiger partial charge on any atom is 0.262 e. The van der Waals surface area contributed by atoms with Crippen LogP contribution in [-0.4, -0.2) is 84.0 Å². The van der Waals surface area contributed by atoms with Crippen LogP contribution in [0.25, 0.3) is 21.6 Å². The molecular formula is C33H38ClN7O2S. The van der Waals surface area contributed by atoms with E-state index in [0.717, 1.165) is 84.8 Å². The standard InChI is InChI=1S/C33H38ClN7O2S/c1-22(25-6-3-4-7-26(25)34)43-29-19-31(44-32(29)33(35)42)41-21-38-27-18-23(8-10-28(27)41)24-9-11-30(37-20-24)36-12-5-13-40-16-14-39(2)15-17-40/h3-4,6-10,18-22,30,36H,5,11-17H2,1-2H3,(H2,35,42)/t22-,30?/m1/s1. The molecule has 2 aliphatic rings. The molecule has 0 spiro atoms. The molecule has 0 bridgehead atoms. The van der Waals surface area contributed by atoms with E-state index in [1.54, 1.807) is 6.33 Å². The molecule has 230 valence electrons. The van der Waals surface area contributed by atoms with Crippen LogP contribution in [0, 0.1) is 0 Å². The smallest absolute Gasteiger partial charge is 0.262 e. The fourth-order valence-electron chi connectivity index (χ4n) is 5.66. The minimum atomic E-state index is -0.541. The number of carbonyl (C=O) groups excluding carboxylic acids is 1. The van der Waals surface area contributed by atoms with E-state index in [0.29, 0.717) is 15.6 Å². The van der Waals surface area contributed by atoms with Gasteiger partial charge in [0.1, 0.15) is 34.2 Å². The van der Waals surface area contributed by atoms with E-state index in [1.165, 1.54) is 11.3 Å². The number of aromatic nitrogens is 2. The SMILES string of the molecule is C[C@@H](Oc1cc(-n2cnc3cc(C4=CCC(NCCCN5CCN(C)CC5)N=C4)ccc32)sc1C(N)=O)c1ccccc1Cl. The fraction of sp³-hybridized carbons (Fsp3) is 0.364. The maximum absolute atomic E-state index is 12.3. The van der Waals surface area contributed by atoms with Crippen molar-refractivity contribution in [1.82, 2.24) is 24.7 Å². The number of rotatable bonds is 11. The van der Waals surface area contributed by atoms with E-state index >= 15 is 0 Å². The molecule has 1 unspecified atom stereocenters. The maximum atomic E-state index is 12.3. The Balaban J connectivity index is 1.10. The number of primary amides is 1. The van der Waals surface area contributed by atoms with Crippen LogP contribution in [0.3, 0.4) is 0 Å². The number of benzene rings is 2. The zero-order valence-corrected chi connectivity index (χ0v) is 26.7. The van der Waals surface area contributed by atoms with Gasteiger partial charge in [0.2, 0.25) is 0 Å². The highest BCUT2D eigenvalue weighted by Crippen LogP contribution is 2.37. The van der Waals surface area contributed by atoms with Gasteiger partial charge in [-0.15, -0.1) is 11.3 Å². The number of nitrogens with two attached hydrogens (primary N) is 1. The Kier molecular flexibility index (Phi) is 9.44. The first-order valence-electron chi connectivity index (χ1n) is 15.1. The summed E-state index contributed by atoms with van der Waals surface area (Å²) in [5.74, 6) is -0.116. The number of hydrogen-bond acceptors (Lipinski definition) is 8. The molecule has 3 N–H and O–H groups in total. The molecule has 0 saturated carbocycles. The molecule has 1 fully saturated rings. The van der Waals surface area contributed by atoms with Crippen LogP contribution >= 0.6 is 22.9 Å². The Bertz CT molecular complexity index is 1690. The first-order valence-corrected chi connectivity index (χ1v) is 16.3. The van der Waals surface area contributed by atoms with E-state index in [-0.39, 0.29) is 12.3 Å².